The number of ether oxygens (including phenoxy) is 2. The third kappa shape index (κ3) is 7.52. The van der Waals surface area contributed by atoms with E-state index in [9.17, 15) is 0 Å². The summed E-state index contributed by atoms with van der Waals surface area (Å²) in [6.45, 7) is 14.3. The van der Waals surface area contributed by atoms with Crippen molar-refractivity contribution in [2.45, 2.75) is 58.8 Å². The second-order valence-electron chi connectivity index (χ2n) is 8.57. The predicted molar refractivity (Wildman–Crippen MR) is 118 cm³/mol. The molecule has 30 heavy (non-hydrogen) atoms. The molecule has 9 nitrogen and oxygen atoms in total. The fourth-order valence-electron chi connectivity index (χ4n) is 3.99. The summed E-state index contributed by atoms with van der Waals surface area (Å²) in [4.78, 5) is 7.32. The van der Waals surface area contributed by atoms with Crippen molar-refractivity contribution in [1.29, 1.82) is 0 Å². The number of morpholine rings is 1. The van der Waals surface area contributed by atoms with Gasteiger partial charge in [0.15, 0.2) is 5.96 Å². The highest BCUT2D eigenvalue weighted by Crippen LogP contribution is 2.11. The van der Waals surface area contributed by atoms with E-state index in [0.29, 0.717) is 12.5 Å². The molecular formula is C21H39N7O2. The number of hydrogen-bond acceptors (Lipinski definition) is 6. The van der Waals surface area contributed by atoms with Crippen LogP contribution in [0.15, 0.2) is 11.3 Å². The van der Waals surface area contributed by atoms with Crippen LogP contribution in [0.3, 0.4) is 0 Å². The lowest BCUT2D eigenvalue weighted by Crippen LogP contribution is -2.46. The first-order chi connectivity index (χ1) is 14.6. The maximum atomic E-state index is 5.96. The van der Waals surface area contributed by atoms with Gasteiger partial charge in [-0.2, -0.15) is 0 Å². The van der Waals surface area contributed by atoms with E-state index in [2.05, 4.69) is 51.1 Å². The molecule has 170 valence electrons. The number of nitrogens with one attached hydrogen (secondary N) is 2. The van der Waals surface area contributed by atoms with Crippen LogP contribution in [0.5, 0.6) is 0 Å². The van der Waals surface area contributed by atoms with E-state index in [1.165, 1.54) is 0 Å². The highest BCUT2D eigenvalue weighted by Gasteiger charge is 2.21. The van der Waals surface area contributed by atoms with Crippen molar-refractivity contribution >= 4 is 5.96 Å². The first-order valence-electron chi connectivity index (χ1n) is 11.5. The molecule has 2 saturated heterocycles. The Morgan fingerprint density at radius 3 is 2.90 bits per heavy atom. The molecule has 2 aliphatic rings. The van der Waals surface area contributed by atoms with Crippen LogP contribution in [0.4, 0.5) is 0 Å². The van der Waals surface area contributed by atoms with E-state index in [4.69, 9.17) is 14.5 Å². The molecule has 1 aromatic rings. The Labute approximate surface area is 180 Å². The van der Waals surface area contributed by atoms with Gasteiger partial charge in [-0.05, 0) is 18.8 Å². The Hall–Kier alpha value is -1.71. The summed E-state index contributed by atoms with van der Waals surface area (Å²) in [7, 11) is 0. The molecule has 3 rings (SSSR count). The van der Waals surface area contributed by atoms with Crippen molar-refractivity contribution in [3.8, 4) is 0 Å². The lowest BCUT2D eigenvalue weighted by atomic mass is 10.2. The minimum atomic E-state index is 0.142. The van der Waals surface area contributed by atoms with E-state index >= 15 is 0 Å². The first kappa shape index (κ1) is 23.0. The van der Waals surface area contributed by atoms with Gasteiger partial charge in [0.25, 0.3) is 0 Å². The lowest BCUT2D eigenvalue weighted by molar-refractivity contribution is -0.0262. The molecule has 2 fully saturated rings. The third-order valence-electron chi connectivity index (χ3n) is 5.48. The first-order valence-corrected chi connectivity index (χ1v) is 11.5. The van der Waals surface area contributed by atoms with Gasteiger partial charge in [0.1, 0.15) is 12.2 Å². The number of aromatic nitrogens is 3. The van der Waals surface area contributed by atoms with Crippen molar-refractivity contribution in [2.75, 3.05) is 52.5 Å². The van der Waals surface area contributed by atoms with Gasteiger partial charge in [-0.3, -0.25) is 9.89 Å². The zero-order valence-corrected chi connectivity index (χ0v) is 18.8. The zero-order valence-electron chi connectivity index (χ0n) is 18.8. The Morgan fingerprint density at radius 2 is 2.13 bits per heavy atom. The summed E-state index contributed by atoms with van der Waals surface area (Å²) < 4.78 is 13.8. The fraction of sp³-hybridized carbons (Fsp3) is 0.857. The maximum Gasteiger partial charge on any atom is 0.191 e. The number of rotatable bonds is 10. The largest absolute Gasteiger partial charge is 0.376 e. The summed E-state index contributed by atoms with van der Waals surface area (Å²) >= 11 is 0. The second-order valence-corrected chi connectivity index (χ2v) is 8.57. The van der Waals surface area contributed by atoms with Crippen LogP contribution in [-0.2, 0) is 22.4 Å². The van der Waals surface area contributed by atoms with Gasteiger partial charge >= 0.3 is 0 Å². The van der Waals surface area contributed by atoms with Gasteiger partial charge in [0.05, 0.1) is 25.4 Å². The Bertz CT molecular complexity index is 643. The van der Waals surface area contributed by atoms with Crippen molar-refractivity contribution in [3.63, 3.8) is 0 Å². The van der Waals surface area contributed by atoms with Gasteiger partial charge < -0.3 is 24.7 Å². The van der Waals surface area contributed by atoms with E-state index in [-0.39, 0.29) is 12.2 Å². The molecular weight excluding hydrogens is 382 g/mol. The topological polar surface area (TPSA) is 88.8 Å². The molecule has 0 amide bonds. The highest BCUT2D eigenvalue weighted by atomic mass is 16.5. The number of nitrogens with zero attached hydrogens (tertiary/aromatic N) is 5. The molecule has 0 aromatic carbocycles. The normalized spacial score (nSPS) is 23.3. The standard InChI is InChI=1S/C21H39N7O2/c1-4-20-26-25-16-28(20)8-7-22-21(23-12-18-6-5-10-29-18)24-13-19-15-27(9-11-30-19)14-17(2)3/h16-19H,4-15H2,1-3H3,(H2,22,23,24). The van der Waals surface area contributed by atoms with Gasteiger partial charge in [0, 0.05) is 52.3 Å². The molecule has 3 heterocycles. The molecule has 0 saturated carbocycles. The van der Waals surface area contributed by atoms with Crippen molar-refractivity contribution in [3.05, 3.63) is 12.2 Å². The molecule has 1 aromatic heterocycles. The van der Waals surface area contributed by atoms with Crippen molar-refractivity contribution in [1.82, 2.24) is 30.3 Å². The molecule has 0 spiro atoms. The molecule has 2 aliphatic heterocycles. The predicted octanol–water partition coefficient (Wildman–Crippen LogP) is 0.912. The average molecular weight is 422 g/mol. The van der Waals surface area contributed by atoms with Crippen molar-refractivity contribution in [2.24, 2.45) is 10.9 Å². The van der Waals surface area contributed by atoms with Gasteiger partial charge in [-0.1, -0.05) is 20.8 Å². The van der Waals surface area contributed by atoms with Gasteiger partial charge in [-0.25, -0.2) is 0 Å². The molecule has 2 atom stereocenters. The summed E-state index contributed by atoms with van der Waals surface area (Å²) in [6, 6.07) is 0. The van der Waals surface area contributed by atoms with E-state index in [1.54, 1.807) is 6.33 Å². The zero-order chi connectivity index (χ0) is 21.2. The van der Waals surface area contributed by atoms with Gasteiger partial charge in [0.2, 0.25) is 0 Å². The fourth-order valence-corrected chi connectivity index (χ4v) is 3.99. The molecule has 9 heteroatoms. The van der Waals surface area contributed by atoms with Crippen molar-refractivity contribution < 1.29 is 9.47 Å². The lowest BCUT2D eigenvalue weighted by Gasteiger charge is -2.33. The number of aliphatic imine (C=N–C) groups is 1. The minimum Gasteiger partial charge on any atom is -0.376 e. The Morgan fingerprint density at radius 1 is 1.27 bits per heavy atom. The van der Waals surface area contributed by atoms with Crippen LogP contribution in [0.2, 0.25) is 0 Å². The molecule has 0 bridgehead atoms. The highest BCUT2D eigenvalue weighted by molar-refractivity contribution is 5.79. The quantitative estimate of drug-likeness (QED) is 0.429. The second kappa shape index (κ2) is 12.2. The van der Waals surface area contributed by atoms with Crippen LogP contribution >= 0.6 is 0 Å². The molecule has 2 N–H and O–H groups in total. The smallest absolute Gasteiger partial charge is 0.191 e. The average Bonchev–Trinajstić information content (AvgIpc) is 3.41. The molecule has 0 radical (unpaired) electrons. The molecule has 0 aliphatic carbocycles. The van der Waals surface area contributed by atoms with E-state index in [1.807, 2.05) is 0 Å². The summed E-state index contributed by atoms with van der Waals surface area (Å²) in [5.41, 5.74) is 0. The number of aryl methyl sites for hydroxylation is 1. The summed E-state index contributed by atoms with van der Waals surface area (Å²) in [6.07, 6.45) is 5.33. The SMILES string of the molecule is CCc1nncn1CCNC(=NCC1CN(CC(C)C)CCO1)NCC1CCCO1. The van der Waals surface area contributed by atoms with E-state index < -0.39 is 0 Å². The summed E-state index contributed by atoms with van der Waals surface area (Å²) in [5.74, 6) is 2.49. The minimum absolute atomic E-state index is 0.142. The third-order valence-corrected chi connectivity index (χ3v) is 5.48. The van der Waals surface area contributed by atoms with Crippen LogP contribution in [0, 0.1) is 5.92 Å². The van der Waals surface area contributed by atoms with Gasteiger partial charge in [-0.15, -0.1) is 10.2 Å². The number of hydrogen-bond donors (Lipinski definition) is 2. The van der Waals surface area contributed by atoms with Crippen LogP contribution in [-0.4, -0.2) is 90.3 Å². The van der Waals surface area contributed by atoms with Crippen LogP contribution < -0.4 is 10.6 Å². The maximum absolute atomic E-state index is 5.96. The Balaban J connectivity index is 1.51. The Kier molecular flexibility index (Phi) is 9.35. The number of guanidine groups is 1. The van der Waals surface area contributed by atoms with Crippen LogP contribution in [0.25, 0.3) is 0 Å². The summed E-state index contributed by atoms with van der Waals surface area (Å²) in [5, 5.41) is 15.1. The monoisotopic (exact) mass is 421 g/mol. The molecule has 2 unspecified atom stereocenters. The van der Waals surface area contributed by atoms with Crippen LogP contribution in [0.1, 0.15) is 39.4 Å². The van der Waals surface area contributed by atoms with E-state index in [0.717, 1.165) is 83.5 Å².